The molecule has 30 heavy (non-hydrogen) atoms. The number of ketones is 1. The summed E-state index contributed by atoms with van der Waals surface area (Å²) in [6.45, 7) is 0.0916. The first-order valence-electron chi connectivity index (χ1n) is 9.19. The molecular formula is C23H17ClN2O4. The van der Waals surface area contributed by atoms with Crippen molar-refractivity contribution in [3.63, 3.8) is 0 Å². The Balaban J connectivity index is 1.85. The number of aromatic nitrogens is 1. The van der Waals surface area contributed by atoms with Crippen LogP contribution in [0, 0.1) is 0 Å². The highest BCUT2D eigenvalue weighted by atomic mass is 35.5. The van der Waals surface area contributed by atoms with Crippen LogP contribution in [0.15, 0.2) is 78.5 Å². The van der Waals surface area contributed by atoms with Crippen LogP contribution in [0.2, 0.25) is 5.02 Å². The molecule has 0 radical (unpaired) electrons. The third-order valence-electron chi connectivity index (χ3n) is 4.92. The van der Waals surface area contributed by atoms with Crippen molar-refractivity contribution in [2.45, 2.75) is 12.6 Å². The largest absolute Gasteiger partial charge is 0.508 e. The minimum Gasteiger partial charge on any atom is -0.508 e. The number of halogens is 1. The Bertz CT molecular complexity index is 1130. The second-order valence-electron chi connectivity index (χ2n) is 6.85. The highest BCUT2D eigenvalue weighted by Crippen LogP contribution is 2.40. The lowest BCUT2D eigenvalue weighted by molar-refractivity contribution is -0.140. The summed E-state index contributed by atoms with van der Waals surface area (Å²) in [5.41, 5.74) is 1.54. The maximum Gasteiger partial charge on any atom is 0.296 e. The lowest BCUT2D eigenvalue weighted by Gasteiger charge is -2.25. The molecule has 6 nitrogen and oxygen atoms in total. The van der Waals surface area contributed by atoms with Crippen molar-refractivity contribution in [3.05, 3.63) is 100 Å². The number of likely N-dealkylation sites (tertiary alicyclic amines) is 1. The van der Waals surface area contributed by atoms with Crippen molar-refractivity contribution in [3.8, 4) is 5.75 Å². The molecule has 0 bridgehead atoms. The summed E-state index contributed by atoms with van der Waals surface area (Å²) in [4.78, 5) is 31.4. The third-order valence-corrected chi connectivity index (χ3v) is 5.18. The van der Waals surface area contributed by atoms with Crippen LogP contribution >= 0.6 is 11.6 Å². The molecule has 1 amide bonds. The second-order valence-corrected chi connectivity index (χ2v) is 7.28. The molecular weight excluding hydrogens is 404 g/mol. The normalized spacial score (nSPS) is 18.0. The zero-order chi connectivity index (χ0) is 21.3. The standard InChI is InChI=1S/C23H17ClN2O4/c24-16-8-4-15(5-9-16)21(28)19-20(14-6-10-18(27)11-7-14)26(23(30)22(19)29)13-17-3-1-2-12-25-17/h1-12,20,27-28H,13H2/b21-19+. The predicted octanol–water partition coefficient (Wildman–Crippen LogP) is 4.06. The van der Waals surface area contributed by atoms with Crippen molar-refractivity contribution in [1.29, 1.82) is 0 Å². The molecule has 3 aromatic rings. The van der Waals surface area contributed by atoms with Gasteiger partial charge in [-0.3, -0.25) is 14.6 Å². The summed E-state index contributed by atoms with van der Waals surface area (Å²) in [6.07, 6.45) is 1.61. The fourth-order valence-electron chi connectivity index (χ4n) is 3.48. The number of nitrogens with zero attached hydrogens (tertiary/aromatic N) is 2. The van der Waals surface area contributed by atoms with Gasteiger partial charge in [-0.15, -0.1) is 0 Å². The summed E-state index contributed by atoms with van der Waals surface area (Å²) < 4.78 is 0. The van der Waals surface area contributed by atoms with E-state index in [1.165, 1.54) is 17.0 Å². The Hall–Kier alpha value is -3.64. The number of phenolic OH excluding ortho intramolecular Hbond substituents is 1. The van der Waals surface area contributed by atoms with Crippen LogP contribution in [0.5, 0.6) is 5.75 Å². The molecule has 1 aliphatic rings. The third kappa shape index (κ3) is 3.65. The van der Waals surface area contributed by atoms with Gasteiger partial charge in [0.15, 0.2) is 0 Å². The molecule has 1 saturated heterocycles. The van der Waals surface area contributed by atoms with E-state index < -0.39 is 17.7 Å². The number of pyridine rings is 1. The summed E-state index contributed by atoms with van der Waals surface area (Å²) in [5.74, 6) is -1.74. The van der Waals surface area contributed by atoms with Gasteiger partial charge in [0.1, 0.15) is 11.5 Å². The zero-order valence-electron chi connectivity index (χ0n) is 15.7. The van der Waals surface area contributed by atoms with Crippen molar-refractivity contribution in [2.75, 3.05) is 0 Å². The lowest BCUT2D eigenvalue weighted by Crippen LogP contribution is -2.29. The SMILES string of the molecule is O=C1C(=O)N(Cc2ccccn2)C(c2ccc(O)cc2)/C1=C(\O)c1ccc(Cl)cc1. The number of rotatable bonds is 4. The smallest absolute Gasteiger partial charge is 0.296 e. The number of phenols is 1. The van der Waals surface area contributed by atoms with E-state index in [1.54, 1.807) is 60.8 Å². The van der Waals surface area contributed by atoms with Gasteiger partial charge in [0.2, 0.25) is 0 Å². The Morgan fingerprint density at radius 3 is 2.33 bits per heavy atom. The van der Waals surface area contributed by atoms with Gasteiger partial charge in [0.05, 0.1) is 23.9 Å². The van der Waals surface area contributed by atoms with Gasteiger partial charge in [-0.1, -0.05) is 29.8 Å². The summed E-state index contributed by atoms with van der Waals surface area (Å²) in [7, 11) is 0. The van der Waals surface area contributed by atoms with Crippen molar-refractivity contribution in [1.82, 2.24) is 9.88 Å². The molecule has 4 rings (SSSR count). The number of carbonyl (C=O) groups is 2. The fourth-order valence-corrected chi connectivity index (χ4v) is 3.60. The number of Topliss-reactive ketones (excluding diaryl/α,β-unsaturated/α-hetero) is 1. The number of amides is 1. The first-order chi connectivity index (χ1) is 14.5. The van der Waals surface area contributed by atoms with Gasteiger partial charge in [0, 0.05) is 16.8 Å². The molecule has 2 N–H and O–H groups in total. The van der Waals surface area contributed by atoms with Crippen LogP contribution in [0.25, 0.3) is 5.76 Å². The fraction of sp³-hybridized carbons (Fsp3) is 0.0870. The quantitative estimate of drug-likeness (QED) is 0.377. The number of aliphatic hydroxyl groups excluding tert-OH is 1. The maximum atomic E-state index is 12.9. The minimum atomic E-state index is -0.830. The Morgan fingerprint density at radius 1 is 1.00 bits per heavy atom. The molecule has 150 valence electrons. The molecule has 2 aromatic carbocycles. The van der Waals surface area contributed by atoms with Gasteiger partial charge in [0.25, 0.3) is 11.7 Å². The van der Waals surface area contributed by atoms with Gasteiger partial charge >= 0.3 is 0 Å². The van der Waals surface area contributed by atoms with Crippen LogP contribution in [-0.2, 0) is 16.1 Å². The van der Waals surface area contributed by atoms with E-state index in [2.05, 4.69) is 4.98 Å². The van der Waals surface area contributed by atoms with Crippen LogP contribution in [0.3, 0.4) is 0 Å². The van der Waals surface area contributed by atoms with Crippen LogP contribution in [0.4, 0.5) is 0 Å². The molecule has 1 unspecified atom stereocenters. The molecule has 1 aromatic heterocycles. The van der Waals surface area contributed by atoms with Crippen molar-refractivity contribution in [2.24, 2.45) is 0 Å². The molecule has 1 atom stereocenters. The van der Waals surface area contributed by atoms with E-state index in [1.807, 2.05) is 0 Å². The van der Waals surface area contributed by atoms with E-state index in [-0.39, 0.29) is 23.6 Å². The summed E-state index contributed by atoms with van der Waals surface area (Å²) >= 11 is 5.92. The topological polar surface area (TPSA) is 90.7 Å². The number of benzene rings is 2. The van der Waals surface area contributed by atoms with E-state index in [0.717, 1.165) is 0 Å². The van der Waals surface area contributed by atoms with E-state index in [9.17, 15) is 19.8 Å². The number of hydrogen-bond acceptors (Lipinski definition) is 5. The van der Waals surface area contributed by atoms with E-state index in [0.29, 0.717) is 21.8 Å². The molecule has 1 fully saturated rings. The Labute approximate surface area is 177 Å². The maximum absolute atomic E-state index is 12.9. The van der Waals surface area contributed by atoms with Crippen LogP contribution in [-0.4, -0.2) is 31.8 Å². The van der Waals surface area contributed by atoms with Crippen LogP contribution in [0.1, 0.15) is 22.9 Å². The summed E-state index contributed by atoms with van der Waals surface area (Å²) in [6, 6.07) is 17.0. The minimum absolute atomic E-state index is 0.0241. The van der Waals surface area contributed by atoms with Crippen molar-refractivity contribution < 1.29 is 19.8 Å². The van der Waals surface area contributed by atoms with Gasteiger partial charge in [-0.2, -0.15) is 0 Å². The monoisotopic (exact) mass is 420 g/mol. The first-order valence-corrected chi connectivity index (χ1v) is 9.56. The average molecular weight is 421 g/mol. The zero-order valence-corrected chi connectivity index (χ0v) is 16.5. The van der Waals surface area contributed by atoms with Crippen LogP contribution < -0.4 is 0 Å². The van der Waals surface area contributed by atoms with E-state index in [4.69, 9.17) is 11.6 Å². The van der Waals surface area contributed by atoms with Gasteiger partial charge in [-0.05, 0) is 54.1 Å². The van der Waals surface area contributed by atoms with Gasteiger partial charge < -0.3 is 15.1 Å². The number of aliphatic hydroxyl groups is 1. The molecule has 7 heteroatoms. The molecule has 2 heterocycles. The lowest BCUT2D eigenvalue weighted by atomic mass is 9.95. The Kier molecular flexibility index (Phi) is 5.25. The molecule has 0 aliphatic carbocycles. The molecule has 0 saturated carbocycles. The molecule has 1 aliphatic heterocycles. The number of hydrogen-bond donors (Lipinski definition) is 2. The highest BCUT2D eigenvalue weighted by Gasteiger charge is 2.46. The summed E-state index contributed by atoms with van der Waals surface area (Å²) in [5, 5.41) is 21.1. The predicted molar refractivity (Wildman–Crippen MR) is 112 cm³/mol. The number of aromatic hydroxyl groups is 1. The molecule has 0 spiro atoms. The second kappa shape index (κ2) is 8.00. The van der Waals surface area contributed by atoms with Gasteiger partial charge in [-0.25, -0.2) is 0 Å². The van der Waals surface area contributed by atoms with E-state index >= 15 is 0 Å². The Morgan fingerprint density at radius 2 is 1.70 bits per heavy atom. The average Bonchev–Trinajstić information content (AvgIpc) is 3.00. The first kappa shape index (κ1) is 19.7. The number of carbonyl (C=O) groups excluding carboxylic acids is 2. The van der Waals surface area contributed by atoms with Crippen molar-refractivity contribution >= 4 is 29.1 Å². The highest BCUT2D eigenvalue weighted by molar-refractivity contribution is 6.46.